The van der Waals surface area contributed by atoms with Crippen LogP contribution in [0.5, 0.6) is 5.75 Å². The molecule has 2 N–H and O–H groups in total. The highest BCUT2D eigenvalue weighted by molar-refractivity contribution is 5.51. The smallest absolute Gasteiger partial charge is 0.120 e. The van der Waals surface area contributed by atoms with Crippen molar-refractivity contribution in [2.75, 3.05) is 24.8 Å². The number of ether oxygens (including phenoxy) is 1. The third kappa shape index (κ3) is 2.94. The molecule has 3 nitrogen and oxygen atoms in total. The van der Waals surface area contributed by atoms with Crippen molar-refractivity contribution < 1.29 is 4.74 Å². The van der Waals surface area contributed by atoms with E-state index in [9.17, 15) is 0 Å². The molecule has 0 aromatic heterocycles. The van der Waals surface area contributed by atoms with Crippen molar-refractivity contribution in [3.8, 4) is 5.75 Å². The van der Waals surface area contributed by atoms with Crippen molar-refractivity contribution in [3.63, 3.8) is 0 Å². The van der Waals surface area contributed by atoms with E-state index in [2.05, 4.69) is 18.0 Å². The lowest BCUT2D eigenvalue weighted by atomic mass is 10.2. The van der Waals surface area contributed by atoms with Crippen molar-refractivity contribution in [3.05, 3.63) is 54.1 Å². The molecule has 0 heterocycles. The van der Waals surface area contributed by atoms with Crippen LogP contribution in [-0.2, 0) is 6.54 Å². The first-order chi connectivity index (χ1) is 8.69. The molecule has 0 fully saturated rings. The fourth-order valence-corrected chi connectivity index (χ4v) is 1.84. The van der Waals surface area contributed by atoms with Crippen molar-refractivity contribution in [1.29, 1.82) is 0 Å². The van der Waals surface area contributed by atoms with Gasteiger partial charge in [-0.3, -0.25) is 0 Å². The zero-order valence-electron chi connectivity index (χ0n) is 10.8. The summed E-state index contributed by atoms with van der Waals surface area (Å²) in [4.78, 5) is 2.17. The van der Waals surface area contributed by atoms with Crippen molar-refractivity contribution in [2.24, 2.45) is 0 Å². The Balaban J connectivity index is 2.11. The molecule has 0 bridgehead atoms. The second-order valence-electron chi connectivity index (χ2n) is 4.30. The van der Waals surface area contributed by atoms with Crippen LogP contribution in [-0.4, -0.2) is 14.2 Å². The van der Waals surface area contributed by atoms with E-state index < -0.39 is 0 Å². The van der Waals surface area contributed by atoms with Gasteiger partial charge in [-0.05, 0) is 29.8 Å². The third-order valence-electron chi connectivity index (χ3n) is 2.89. The molecule has 94 valence electrons. The van der Waals surface area contributed by atoms with E-state index in [0.717, 1.165) is 23.7 Å². The summed E-state index contributed by atoms with van der Waals surface area (Å²) in [5.41, 5.74) is 8.83. The van der Waals surface area contributed by atoms with E-state index in [4.69, 9.17) is 10.5 Å². The van der Waals surface area contributed by atoms with E-state index in [1.165, 1.54) is 5.56 Å². The molecule has 18 heavy (non-hydrogen) atoms. The lowest BCUT2D eigenvalue weighted by Gasteiger charge is -2.20. The number of hydrogen-bond acceptors (Lipinski definition) is 3. The van der Waals surface area contributed by atoms with Crippen molar-refractivity contribution in [2.45, 2.75) is 6.54 Å². The van der Waals surface area contributed by atoms with Gasteiger partial charge >= 0.3 is 0 Å². The SMILES string of the molecule is COc1cccc(N(C)Cc2ccc(N)cc2)c1. The molecule has 2 aromatic carbocycles. The molecule has 0 saturated carbocycles. The average molecular weight is 242 g/mol. The van der Waals surface area contributed by atoms with Gasteiger partial charge in [0.1, 0.15) is 5.75 Å². The summed E-state index contributed by atoms with van der Waals surface area (Å²) in [6.07, 6.45) is 0. The van der Waals surface area contributed by atoms with E-state index in [1.54, 1.807) is 7.11 Å². The summed E-state index contributed by atoms with van der Waals surface area (Å²) in [5.74, 6) is 0.872. The Kier molecular flexibility index (Phi) is 3.72. The van der Waals surface area contributed by atoms with Crippen LogP contribution in [0.2, 0.25) is 0 Å². The number of anilines is 2. The van der Waals surface area contributed by atoms with Gasteiger partial charge in [-0.1, -0.05) is 18.2 Å². The Morgan fingerprint density at radius 3 is 2.50 bits per heavy atom. The van der Waals surface area contributed by atoms with Crippen LogP contribution in [0.15, 0.2) is 48.5 Å². The topological polar surface area (TPSA) is 38.5 Å². The van der Waals surface area contributed by atoms with E-state index in [0.29, 0.717) is 0 Å². The second-order valence-corrected chi connectivity index (χ2v) is 4.30. The van der Waals surface area contributed by atoms with Gasteiger partial charge in [0.05, 0.1) is 7.11 Å². The minimum absolute atomic E-state index is 0.794. The summed E-state index contributed by atoms with van der Waals surface area (Å²) in [6.45, 7) is 0.841. The van der Waals surface area contributed by atoms with Crippen molar-refractivity contribution >= 4 is 11.4 Å². The molecule has 2 rings (SSSR count). The van der Waals surface area contributed by atoms with Gasteiger partial charge in [0.25, 0.3) is 0 Å². The van der Waals surface area contributed by atoms with Gasteiger partial charge < -0.3 is 15.4 Å². The Hall–Kier alpha value is -2.16. The molecule has 0 aliphatic rings. The summed E-state index contributed by atoms with van der Waals surface area (Å²) < 4.78 is 5.23. The zero-order valence-corrected chi connectivity index (χ0v) is 10.8. The number of nitrogen functional groups attached to an aromatic ring is 1. The number of nitrogens with two attached hydrogens (primary N) is 1. The maximum Gasteiger partial charge on any atom is 0.120 e. The summed E-state index contributed by atoms with van der Waals surface area (Å²) in [5, 5.41) is 0. The largest absolute Gasteiger partial charge is 0.497 e. The second kappa shape index (κ2) is 5.45. The number of rotatable bonds is 4. The maximum atomic E-state index is 5.68. The molecule has 0 spiro atoms. The lowest BCUT2D eigenvalue weighted by Crippen LogP contribution is -2.16. The normalized spacial score (nSPS) is 10.1. The van der Waals surface area contributed by atoms with Crippen LogP contribution in [0, 0.1) is 0 Å². The first-order valence-electron chi connectivity index (χ1n) is 5.88. The highest BCUT2D eigenvalue weighted by Gasteiger charge is 2.03. The van der Waals surface area contributed by atoms with Gasteiger partial charge in [0.2, 0.25) is 0 Å². The summed E-state index contributed by atoms with van der Waals surface area (Å²) >= 11 is 0. The van der Waals surface area contributed by atoms with E-state index >= 15 is 0 Å². The number of nitrogens with zero attached hydrogens (tertiary/aromatic N) is 1. The van der Waals surface area contributed by atoms with Crippen LogP contribution in [0.1, 0.15) is 5.56 Å². The van der Waals surface area contributed by atoms with Gasteiger partial charge in [-0.25, -0.2) is 0 Å². The molecule has 0 saturated heterocycles. The molecule has 0 unspecified atom stereocenters. The number of hydrogen-bond donors (Lipinski definition) is 1. The fraction of sp³-hybridized carbons (Fsp3) is 0.200. The molecular weight excluding hydrogens is 224 g/mol. The van der Waals surface area contributed by atoms with Gasteiger partial charge in [-0.15, -0.1) is 0 Å². The Bertz CT molecular complexity index is 508. The first kappa shape index (κ1) is 12.3. The molecule has 0 aliphatic carbocycles. The van der Waals surface area contributed by atoms with Crippen LogP contribution in [0.4, 0.5) is 11.4 Å². The molecule has 3 heteroatoms. The van der Waals surface area contributed by atoms with Crippen LogP contribution in [0.3, 0.4) is 0 Å². The number of benzene rings is 2. The summed E-state index contributed by atoms with van der Waals surface area (Å²) in [6, 6.07) is 16.0. The Morgan fingerprint density at radius 2 is 1.83 bits per heavy atom. The van der Waals surface area contributed by atoms with Crippen LogP contribution < -0.4 is 15.4 Å². The minimum atomic E-state index is 0.794. The third-order valence-corrected chi connectivity index (χ3v) is 2.89. The Morgan fingerprint density at radius 1 is 1.11 bits per heavy atom. The standard InChI is InChI=1S/C15H18N2O/c1-17(11-12-6-8-13(16)9-7-12)14-4-3-5-15(10-14)18-2/h3-10H,11,16H2,1-2H3. The van der Waals surface area contributed by atoms with Gasteiger partial charge in [-0.2, -0.15) is 0 Å². The molecule has 0 atom stereocenters. The predicted molar refractivity (Wildman–Crippen MR) is 76.0 cm³/mol. The number of methoxy groups -OCH3 is 1. The van der Waals surface area contributed by atoms with Crippen molar-refractivity contribution in [1.82, 2.24) is 0 Å². The Labute approximate surface area is 108 Å². The minimum Gasteiger partial charge on any atom is -0.497 e. The first-order valence-corrected chi connectivity index (χ1v) is 5.88. The predicted octanol–water partition coefficient (Wildman–Crippen LogP) is 2.91. The fourth-order valence-electron chi connectivity index (χ4n) is 1.84. The van der Waals surface area contributed by atoms with Crippen LogP contribution in [0.25, 0.3) is 0 Å². The van der Waals surface area contributed by atoms with E-state index in [1.807, 2.05) is 42.5 Å². The molecule has 0 radical (unpaired) electrons. The zero-order chi connectivity index (χ0) is 13.0. The monoisotopic (exact) mass is 242 g/mol. The molecule has 2 aromatic rings. The van der Waals surface area contributed by atoms with E-state index in [-0.39, 0.29) is 0 Å². The quantitative estimate of drug-likeness (QED) is 0.838. The average Bonchev–Trinajstić information content (AvgIpc) is 2.41. The molecular formula is C15H18N2O. The lowest BCUT2D eigenvalue weighted by molar-refractivity contribution is 0.415. The highest BCUT2D eigenvalue weighted by atomic mass is 16.5. The maximum absolute atomic E-state index is 5.68. The summed E-state index contributed by atoms with van der Waals surface area (Å²) in [7, 11) is 3.74. The molecule has 0 amide bonds. The molecule has 0 aliphatic heterocycles. The van der Waals surface area contributed by atoms with Gasteiger partial charge in [0.15, 0.2) is 0 Å². The van der Waals surface area contributed by atoms with Crippen LogP contribution >= 0.6 is 0 Å². The highest BCUT2D eigenvalue weighted by Crippen LogP contribution is 2.21. The van der Waals surface area contributed by atoms with Gasteiger partial charge in [0, 0.05) is 31.0 Å².